The zero-order valence-corrected chi connectivity index (χ0v) is 10.3. The number of carboxylic acids is 1. The Kier molecular flexibility index (Phi) is 3.14. The van der Waals surface area contributed by atoms with Gasteiger partial charge in [-0.25, -0.2) is 4.98 Å². The van der Waals surface area contributed by atoms with Crippen LogP contribution in [-0.2, 0) is 11.2 Å². The lowest BCUT2D eigenvalue weighted by molar-refractivity contribution is -0.136. The lowest BCUT2D eigenvalue weighted by Crippen LogP contribution is -2.21. The molecule has 0 fully saturated rings. The molecule has 0 bridgehead atoms. The number of hydrogen-bond acceptors (Lipinski definition) is 3. The number of carboxylic acid groups (broad SMARTS) is 1. The van der Waals surface area contributed by atoms with Crippen LogP contribution in [0.5, 0.6) is 0 Å². The van der Waals surface area contributed by atoms with E-state index in [2.05, 4.69) is 4.98 Å². The van der Waals surface area contributed by atoms with E-state index in [9.17, 15) is 9.59 Å². The van der Waals surface area contributed by atoms with Crippen molar-refractivity contribution in [1.29, 1.82) is 0 Å². The minimum Gasteiger partial charge on any atom is -0.481 e. The summed E-state index contributed by atoms with van der Waals surface area (Å²) in [5.74, 6) is -1.07. The molecular formula is C13H14N2O3. The molecule has 0 amide bonds. The quantitative estimate of drug-likeness (QED) is 0.898. The fourth-order valence-electron chi connectivity index (χ4n) is 1.83. The van der Waals surface area contributed by atoms with Gasteiger partial charge in [-0.1, -0.05) is 26.0 Å². The molecule has 0 radical (unpaired) electrons. The maximum absolute atomic E-state index is 12.2. The molecule has 0 aliphatic carbocycles. The first-order valence-corrected chi connectivity index (χ1v) is 5.73. The number of aromatic nitrogens is 2. The molecule has 0 unspecified atom stereocenters. The van der Waals surface area contributed by atoms with E-state index >= 15 is 0 Å². The first-order chi connectivity index (χ1) is 8.50. The molecule has 2 rings (SSSR count). The number of para-hydroxylation sites is 2. The highest BCUT2D eigenvalue weighted by Gasteiger charge is 2.20. The Labute approximate surface area is 104 Å². The molecule has 1 N–H and O–H groups in total. The van der Waals surface area contributed by atoms with Gasteiger partial charge in [0.1, 0.15) is 12.2 Å². The number of hydrogen-bond donors (Lipinski definition) is 1. The molecule has 1 heterocycles. The number of aliphatic carboxylic acids is 1. The van der Waals surface area contributed by atoms with Gasteiger partial charge in [-0.3, -0.25) is 14.2 Å². The summed E-state index contributed by atoms with van der Waals surface area (Å²) >= 11 is 0. The molecule has 5 heteroatoms. The summed E-state index contributed by atoms with van der Waals surface area (Å²) < 4.78 is 1.41. The van der Waals surface area contributed by atoms with Crippen LogP contribution in [0.3, 0.4) is 0 Å². The molecular weight excluding hydrogens is 232 g/mol. The van der Waals surface area contributed by atoms with Crippen LogP contribution >= 0.6 is 0 Å². The predicted octanol–water partition coefficient (Wildman–Crippen LogP) is 1.96. The Bertz CT molecular complexity index is 614. The lowest BCUT2D eigenvalue weighted by atomic mass is 10.2. The van der Waals surface area contributed by atoms with Crippen molar-refractivity contribution < 1.29 is 14.7 Å². The van der Waals surface area contributed by atoms with Crippen LogP contribution in [-0.4, -0.2) is 26.5 Å². The van der Waals surface area contributed by atoms with Crippen LogP contribution in [0.15, 0.2) is 24.3 Å². The number of nitrogens with zero attached hydrogens (tertiary/aromatic N) is 2. The number of fused-ring (bicyclic) bond motifs is 1. The fourth-order valence-corrected chi connectivity index (χ4v) is 1.83. The summed E-state index contributed by atoms with van der Waals surface area (Å²) in [6, 6.07) is 7.15. The minimum atomic E-state index is -0.997. The van der Waals surface area contributed by atoms with Crippen molar-refractivity contribution in [3.8, 4) is 0 Å². The molecule has 0 spiro atoms. The van der Waals surface area contributed by atoms with Gasteiger partial charge in [0.05, 0.1) is 11.0 Å². The zero-order chi connectivity index (χ0) is 13.3. The van der Waals surface area contributed by atoms with Crippen molar-refractivity contribution >= 4 is 22.9 Å². The van der Waals surface area contributed by atoms with Crippen molar-refractivity contribution in [3.63, 3.8) is 0 Å². The topological polar surface area (TPSA) is 72.2 Å². The van der Waals surface area contributed by atoms with Crippen LogP contribution in [0, 0.1) is 5.92 Å². The average molecular weight is 246 g/mol. The third-order valence-corrected chi connectivity index (χ3v) is 2.65. The van der Waals surface area contributed by atoms with E-state index in [0.29, 0.717) is 11.0 Å². The number of rotatable bonds is 3. The number of carbonyl (C=O) groups excluding carboxylic acids is 1. The van der Waals surface area contributed by atoms with E-state index in [-0.39, 0.29) is 24.1 Å². The van der Waals surface area contributed by atoms with E-state index in [1.807, 2.05) is 6.07 Å². The first-order valence-electron chi connectivity index (χ1n) is 5.73. The van der Waals surface area contributed by atoms with E-state index in [1.54, 1.807) is 32.0 Å². The van der Waals surface area contributed by atoms with Gasteiger partial charge < -0.3 is 5.11 Å². The van der Waals surface area contributed by atoms with Gasteiger partial charge in [-0.05, 0) is 12.1 Å². The highest BCUT2D eigenvalue weighted by atomic mass is 16.4. The maximum Gasteiger partial charge on any atom is 0.311 e. The van der Waals surface area contributed by atoms with Gasteiger partial charge in [0.25, 0.3) is 0 Å². The highest BCUT2D eigenvalue weighted by Crippen LogP contribution is 2.18. The second kappa shape index (κ2) is 4.60. The van der Waals surface area contributed by atoms with Gasteiger partial charge in [0, 0.05) is 5.92 Å². The van der Waals surface area contributed by atoms with E-state index in [0.717, 1.165) is 0 Å². The predicted molar refractivity (Wildman–Crippen MR) is 66.5 cm³/mol. The van der Waals surface area contributed by atoms with Gasteiger partial charge in [-0.15, -0.1) is 0 Å². The van der Waals surface area contributed by atoms with Crippen molar-refractivity contribution in [1.82, 2.24) is 9.55 Å². The molecule has 0 aliphatic heterocycles. The van der Waals surface area contributed by atoms with Gasteiger partial charge in [0.15, 0.2) is 0 Å². The van der Waals surface area contributed by atoms with E-state index in [1.165, 1.54) is 4.57 Å². The normalized spacial score (nSPS) is 11.1. The van der Waals surface area contributed by atoms with Crippen LogP contribution in [0.4, 0.5) is 0 Å². The van der Waals surface area contributed by atoms with Crippen molar-refractivity contribution in [2.24, 2.45) is 5.92 Å². The molecule has 5 nitrogen and oxygen atoms in total. The Balaban J connectivity index is 2.65. The molecule has 0 aliphatic rings. The zero-order valence-electron chi connectivity index (χ0n) is 10.3. The van der Waals surface area contributed by atoms with Gasteiger partial charge in [0.2, 0.25) is 5.91 Å². The summed E-state index contributed by atoms with van der Waals surface area (Å²) in [6.45, 7) is 3.56. The van der Waals surface area contributed by atoms with Crippen LogP contribution in [0.1, 0.15) is 24.5 Å². The summed E-state index contributed by atoms with van der Waals surface area (Å²) in [5, 5.41) is 8.87. The largest absolute Gasteiger partial charge is 0.481 e. The third kappa shape index (κ3) is 2.11. The Morgan fingerprint density at radius 1 is 1.33 bits per heavy atom. The summed E-state index contributed by atoms with van der Waals surface area (Å²) in [7, 11) is 0. The van der Waals surface area contributed by atoms with Crippen LogP contribution < -0.4 is 0 Å². The molecule has 2 aromatic rings. The maximum atomic E-state index is 12.2. The van der Waals surface area contributed by atoms with Gasteiger partial charge >= 0.3 is 5.97 Å². The minimum absolute atomic E-state index is 0.139. The number of carbonyl (C=O) groups is 2. The number of benzene rings is 1. The Morgan fingerprint density at radius 2 is 2.00 bits per heavy atom. The highest BCUT2D eigenvalue weighted by molar-refractivity contribution is 5.92. The van der Waals surface area contributed by atoms with E-state index in [4.69, 9.17) is 5.11 Å². The average Bonchev–Trinajstić information content (AvgIpc) is 2.64. The second-order valence-corrected chi connectivity index (χ2v) is 4.42. The standard InChI is InChI=1S/C13H14N2O3/c1-8(2)13(18)15-10-6-4-3-5-9(10)14-11(15)7-12(16)17/h3-6,8H,7H2,1-2H3,(H,16,17). The monoisotopic (exact) mass is 246 g/mol. The molecule has 1 aromatic carbocycles. The lowest BCUT2D eigenvalue weighted by Gasteiger charge is -2.09. The van der Waals surface area contributed by atoms with Crippen LogP contribution in [0.25, 0.3) is 11.0 Å². The summed E-state index contributed by atoms with van der Waals surface area (Å²) in [6.07, 6.45) is -0.257. The molecule has 1 aromatic heterocycles. The van der Waals surface area contributed by atoms with Crippen molar-refractivity contribution in [3.05, 3.63) is 30.1 Å². The first kappa shape index (κ1) is 12.3. The molecule has 0 saturated carbocycles. The Hall–Kier alpha value is -2.17. The van der Waals surface area contributed by atoms with Crippen molar-refractivity contribution in [2.45, 2.75) is 20.3 Å². The smallest absolute Gasteiger partial charge is 0.311 e. The van der Waals surface area contributed by atoms with Crippen LogP contribution in [0.2, 0.25) is 0 Å². The summed E-state index contributed by atoms with van der Waals surface area (Å²) in [4.78, 5) is 27.2. The fraction of sp³-hybridized carbons (Fsp3) is 0.308. The Morgan fingerprint density at radius 3 is 2.61 bits per heavy atom. The second-order valence-electron chi connectivity index (χ2n) is 4.42. The summed E-state index contributed by atoms with van der Waals surface area (Å²) in [5.41, 5.74) is 1.30. The van der Waals surface area contributed by atoms with Gasteiger partial charge in [-0.2, -0.15) is 0 Å². The van der Waals surface area contributed by atoms with Crippen molar-refractivity contribution in [2.75, 3.05) is 0 Å². The molecule has 0 atom stereocenters. The molecule has 18 heavy (non-hydrogen) atoms. The number of imidazole rings is 1. The molecule has 94 valence electrons. The van der Waals surface area contributed by atoms with E-state index < -0.39 is 5.97 Å². The molecule has 0 saturated heterocycles. The third-order valence-electron chi connectivity index (χ3n) is 2.65. The SMILES string of the molecule is CC(C)C(=O)n1c(CC(=O)O)nc2ccccc21.